The molecule has 82 valence electrons. The van der Waals surface area contributed by atoms with Crippen LogP contribution in [0.3, 0.4) is 0 Å². The zero-order chi connectivity index (χ0) is 10.8. The lowest BCUT2D eigenvalue weighted by atomic mass is 10.0. The van der Waals surface area contributed by atoms with Crippen LogP contribution in [-0.2, 0) is 19.4 Å². The average Bonchev–Trinajstić information content (AvgIpc) is 2.55. The molecule has 0 saturated carbocycles. The predicted molar refractivity (Wildman–Crippen MR) is 66.6 cm³/mol. The minimum absolute atomic E-state index is 0.756. The van der Waals surface area contributed by atoms with Gasteiger partial charge in [-0.2, -0.15) is 12.6 Å². The van der Waals surface area contributed by atoms with Gasteiger partial charge in [-0.3, -0.25) is 0 Å². The van der Waals surface area contributed by atoms with E-state index in [0.717, 1.165) is 30.1 Å². The van der Waals surface area contributed by atoms with Gasteiger partial charge in [-0.15, -0.1) is 0 Å². The second-order valence-corrected chi connectivity index (χ2v) is 4.57. The second-order valence-electron chi connectivity index (χ2n) is 4.25. The normalized spacial score (nSPS) is 15.1. The first-order valence-electron chi connectivity index (χ1n) is 5.54. The average molecular weight is 222 g/mol. The van der Waals surface area contributed by atoms with Gasteiger partial charge in [0.05, 0.1) is 5.69 Å². The van der Waals surface area contributed by atoms with Crippen molar-refractivity contribution in [1.82, 2.24) is 9.55 Å². The molecule has 1 aliphatic carbocycles. The van der Waals surface area contributed by atoms with Crippen molar-refractivity contribution in [3.63, 3.8) is 0 Å². The molecule has 0 radical (unpaired) electrons. The molecule has 0 aromatic carbocycles. The van der Waals surface area contributed by atoms with Crippen molar-refractivity contribution >= 4 is 12.6 Å². The summed E-state index contributed by atoms with van der Waals surface area (Å²) in [6.45, 7) is 6.99. The number of nitrogens with zero attached hydrogens (tertiary/aromatic N) is 2. The Morgan fingerprint density at radius 2 is 2.20 bits per heavy atom. The van der Waals surface area contributed by atoms with Crippen molar-refractivity contribution in [1.29, 1.82) is 0 Å². The highest BCUT2D eigenvalue weighted by Crippen LogP contribution is 2.22. The van der Waals surface area contributed by atoms with Crippen LogP contribution in [0.2, 0.25) is 0 Å². The fourth-order valence-electron chi connectivity index (χ4n) is 2.22. The van der Waals surface area contributed by atoms with Crippen LogP contribution >= 0.6 is 12.6 Å². The molecule has 0 fully saturated rings. The van der Waals surface area contributed by atoms with Crippen LogP contribution in [0, 0.1) is 6.92 Å². The SMILES string of the molecule is C=C(CS)Cn1c(C)nc2c1CCCC2. The Kier molecular flexibility index (Phi) is 3.19. The zero-order valence-corrected chi connectivity index (χ0v) is 10.2. The lowest BCUT2D eigenvalue weighted by molar-refractivity contribution is 0.622. The predicted octanol–water partition coefficient (Wildman–Crippen LogP) is 2.56. The van der Waals surface area contributed by atoms with E-state index >= 15 is 0 Å². The van der Waals surface area contributed by atoms with E-state index in [-0.39, 0.29) is 0 Å². The maximum Gasteiger partial charge on any atom is 0.106 e. The topological polar surface area (TPSA) is 17.8 Å². The quantitative estimate of drug-likeness (QED) is 0.614. The van der Waals surface area contributed by atoms with Crippen LogP contribution in [0.15, 0.2) is 12.2 Å². The second kappa shape index (κ2) is 4.44. The molecule has 1 aliphatic rings. The molecule has 0 saturated heterocycles. The molecule has 0 atom stereocenters. The number of thiol groups is 1. The minimum Gasteiger partial charge on any atom is -0.328 e. The van der Waals surface area contributed by atoms with Gasteiger partial charge in [0, 0.05) is 18.0 Å². The van der Waals surface area contributed by atoms with Crippen molar-refractivity contribution < 1.29 is 0 Å². The standard InChI is InChI=1S/C12H18N2S/c1-9(8-15)7-14-10(2)13-11-5-3-4-6-12(11)14/h15H,1,3-8H2,2H3. The molecular weight excluding hydrogens is 204 g/mol. The van der Waals surface area contributed by atoms with Gasteiger partial charge in [0.25, 0.3) is 0 Å². The van der Waals surface area contributed by atoms with Crippen molar-refractivity contribution in [2.75, 3.05) is 5.75 Å². The van der Waals surface area contributed by atoms with Crippen molar-refractivity contribution in [3.05, 3.63) is 29.4 Å². The fourth-order valence-corrected chi connectivity index (χ4v) is 2.32. The van der Waals surface area contributed by atoms with Crippen molar-refractivity contribution in [2.24, 2.45) is 0 Å². The number of fused-ring (bicyclic) bond motifs is 1. The van der Waals surface area contributed by atoms with E-state index in [1.54, 1.807) is 0 Å². The molecule has 0 aliphatic heterocycles. The van der Waals surface area contributed by atoms with E-state index in [0.29, 0.717) is 0 Å². The van der Waals surface area contributed by atoms with Gasteiger partial charge < -0.3 is 4.57 Å². The zero-order valence-electron chi connectivity index (χ0n) is 9.29. The van der Waals surface area contributed by atoms with Crippen LogP contribution < -0.4 is 0 Å². The molecule has 0 unspecified atom stereocenters. The van der Waals surface area contributed by atoms with Gasteiger partial charge in [-0.1, -0.05) is 6.58 Å². The Labute approximate surface area is 96.8 Å². The molecule has 0 N–H and O–H groups in total. The third kappa shape index (κ3) is 2.12. The van der Waals surface area contributed by atoms with E-state index in [9.17, 15) is 0 Å². The third-order valence-electron chi connectivity index (χ3n) is 3.03. The Bertz CT molecular complexity index is 379. The Balaban J connectivity index is 2.29. The monoisotopic (exact) mass is 222 g/mol. The highest BCUT2D eigenvalue weighted by atomic mass is 32.1. The van der Waals surface area contributed by atoms with E-state index in [4.69, 9.17) is 0 Å². The first kappa shape index (κ1) is 10.8. The molecule has 0 bridgehead atoms. The summed E-state index contributed by atoms with van der Waals surface area (Å²) < 4.78 is 2.31. The summed E-state index contributed by atoms with van der Waals surface area (Å²) in [6, 6.07) is 0. The van der Waals surface area contributed by atoms with Crippen LogP contribution in [0.5, 0.6) is 0 Å². The summed E-state index contributed by atoms with van der Waals surface area (Å²) in [6.07, 6.45) is 4.91. The van der Waals surface area contributed by atoms with Crippen molar-refractivity contribution in [2.45, 2.75) is 39.2 Å². The summed E-state index contributed by atoms with van der Waals surface area (Å²) in [7, 11) is 0. The Hall–Kier alpha value is -0.700. The fraction of sp³-hybridized carbons (Fsp3) is 0.583. The lowest BCUT2D eigenvalue weighted by Crippen LogP contribution is -2.11. The number of aryl methyl sites for hydroxylation is 2. The maximum atomic E-state index is 4.64. The van der Waals surface area contributed by atoms with Crippen LogP contribution in [0.25, 0.3) is 0 Å². The summed E-state index contributed by atoms with van der Waals surface area (Å²) >= 11 is 4.25. The first-order valence-corrected chi connectivity index (χ1v) is 6.18. The maximum absolute atomic E-state index is 4.64. The lowest BCUT2D eigenvalue weighted by Gasteiger charge is -2.15. The van der Waals surface area contributed by atoms with Crippen LogP contribution in [-0.4, -0.2) is 15.3 Å². The number of imidazole rings is 1. The highest BCUT2D eigenvalue weighted by molar-refractivity contribution is 7.80. The molecule has 15 heavy (non-hydrogen) atoms. The summed E-state index contributed by atoms with van der Waals surface area (Å²) in [5.74, 6) is 1.89. The van der Waals surface area contributed by atoms with E-state index in [1.807, 2.05) is 0 Å². The molecule has 2 rings (SSSR count). The Morgan fingerprint density at radius 1 is 1.47 bits per heavy atom. The van der Waals surface area contributed by atoms with E-state index < -0.39 is 0 Å². The van der Waals surface area contributed by atoms with E-state index in [2.05, 4.69) is 35.7 Å². The number of hydrogen-bond acceptors (Lipinski definition) is 2. The minimum atomic E-state index is 0.756. The molecular formula is C12H18N2S. The van der Waals surface area contributed by atoms with Gasteiger partial charge in [0.2, 0.25) is 0 Å². The van der Waals surface area contributed by atoms with Gasteiger partial charge >= 0.3 is 0 Å². The highest BCUT2D eigenvalue weighted by Gasteiger charge is 2.17. The summed E-state index contributed by atoms with van der Waals surface area (Å²) in [5, 5.41) is 0. The van der Waals surface area contributed by atoms with Crippen LogP contribution in [0.4, 0.5) is 0 Å². The smallest absolute Gasteiger partial charge is 0.106 e. The summed E-state index contributed by atoms with van der Waals surface area (Å²) in [5.41, 5.74) is 3.90. The number of hydrogen-bond donors (Lipinski definition) is 1. The molecule has 0 amide bonds. The first-order chi connectivity index (χ1) is 7.22. The van der Waals surface area contributed by atoms with E-state index in [1.165, 1.54) is 30.7 Å². The largest absolute Gasteiger partial charge is 0.328 e. The molecule has 2 nitrogen and oxygen atoms in total. The molecule has 0 spiro atoms. The number of aromatic nitrogens is 2. The van der Waals surface area contributed by atoms with Gasteiger partial charge in [0.15, 0.2) is 0 Å². The Morgan fingerprint density at radius 3 is 2.93 bits per heavy atom. The molecule has 1 heterocycles. The summed E-state index contributed by atoms with van der Waals surface area (Å²) in [4.78, 5) is 4.64. The number of rotatable bonds is 3. The van der Waals surface area contributed by atoms with Gasteiger partial charge in [-0.25, -0.2) is 4.98 Å². The van der Waals surface area contributed by atoms with Crippen molar-refractivity contribution in [3.8, 4) is 0 Å². The van der Waals surface area contributed by atoms with Crippen LogP contribution in [0.1, 0.15) is 30.1 Å². The molecule has 1 aromatic rings. The third-order valence-corrected chi connectivity index (χ3v) is 3.48. The molecule has 1 aromatic heterocycles. The molecule has 3 heteroatoms. The van der Waals surface area contributed by atoms with Gasteiger partial charge in [0.1, 0.15) is 5.82 Å². The van der Waals surface area contributed by atoms with Gasteiger partial charge in [-0.05, 0) is 38.2 Å².